The molecule has 242 valence electrons. The Morgan fingerprint density at radius 3 is 2.59 bits per heavy atom. The molecule has 2 aromatic carbocycles. The molecular formula is C30H27F5N6O5. The van der Waals surface area contributed by atoms with Gasteiger partial charge in [0.25, 0.3) is 0 Å². The molecule has 0 fully saturated rings. The maximum atomic E-state index is 14.4. The molecule has 0 saturated heterocycles. The fraction of sp³-hybridized carbons (Fsp3) is 0.300. The largest absolute Gasteiger partial charge is 0.494 e. The summed E-state index contributed by atoms with van der Waals surface area (Å²) in [5.74, 6) is -3.36. The Morgan fingerprint density at radius 2 is 1.89 bits per heavy atom. The van der Waals surface area contributed by atoms with Gasteiger partial charge in [-0.25, -0.2) is 28.5 Å². The zero-order chi connectivity index (χ0) is 33.0. The van der Waals surface area contributed by atoms with Crippen LogP contribution in [0.15, 0.2) is 53.9 Å². The molecule has 11 nitrogen and oxygen atoms in total. The van der Waals surface area contributed by atoms with Crippen LogP contribution in [0.1, 0.15) is 41.9 Å². The van der Waals surface area contributed by atoms with E-state index in [0.29, 0.717) is 17.8 Å². The molecule has 0 bridgehead atoms. The minimum absolute atomic E-state index is 0.0137. The predicted octanol–water partition coefficient (Wildman–Crippen LogP) is 4.41. The predicted molar refractivity (Wildman–Crippen MR) is 152 cm³/mol. The number of alkyl halides is 3. The SMILES string of the molecule is CCCOc1ccc(-c2ncc(C(C(=O)OCC(O)CO)N3Cc4nc(-c5cccc(F)c5F)[nH]c4C=N3)cn2)c(C(F)(F)F)c1. The minimum atomic E-state index is -4.75. The number of aromatic nitrogens is 4. The number of halogens is 5. The first-order valence-corrected chi connectivity index (χ1v) is 14.0. The van der Waals surface area contributed by atoms with Crippen molar-refractivity contribution >= 4 is 12.2 Å². The van der Waals surface area contributed by atoms with Gasteiger partial charge in [0.2, 0.25) is 0 Å². The van der Waals surface area contributed by atoms with Gasteiger partial charge in [-0.1, -0.05) is 13.0 Å². The van der Waals surface area contributed by atoms with Crippen molar-refractivity contribution in [2.75, 3.05) is 19.8 Å². The number of hydrazone groups is 1. The highest BCUT2D eigenvalue weighted by Gasteiger charge is 2.36. The molecule has 2 atom stereocenters. The Labute approximate surface area is 258 Å². The van der Waals surface area contributed by atoms with Crippen molar-refractivity contribution in [3.8, 4) is 28.5 Å². The van der Waals surface area contributed by atoms with Gasteiger partial charge in [0.15, 0.2) is 23.5 Å². The van der Waals surface area contributed by atoms with Crippen LogP contribution in [-0.2, 0) is 22.3 Å². The van der Waals surface area contributed by atoms with Crippen molar-refractivity contribution in [3.63, 3.8) is 0 Å². The van der Waals surface area contributed by atoms with E-state index in [2.05, 4.69) is 25.0 Å². The van der Waals surface area contributed by atoms with E-state index in [0.717, 1.165) is 24.5 Å². The number of imidazole rings is 1. The van der Waals surface area contributed by atoms with Gasteiger partial charge in [-0.2, -0.15) is 18.3 Å². The van der Waals surface area contributed by atoms with Crippen LogP contribution in [0.4, 0.5) is 22.0 Å². The number of rotatable bonds is 11. The van der Waals surface area contributed by atoms with Crippen molar-refractivity contribution < 1.29 is 46.4 Å². The molecule has 1 aliphatic heterocycles. The molecule has 4 aromatic rings. The molecule has 0 amide bonds. The van der Waals surface area contributed by atoms with Crippen molar-refractivity contribution in [1.29, 1.82) is 0 Å². The summed E-state index contributed by atoms with van der Waals surface area (Å²) in [6.45, 7) is 0.648. The lowest BCUT2D eigenvalue weighted by Gasteiger charge is -2.29. The average Bonchev–Trinajstić information content (AvgIpc) is 3.47. The lowest BCUT2D eigenvalue weighted by molar-refractivity contribution is -0.154. The van der Waals surface area contributed by atoms with Crippen LogP contribution in [0.3, 0.4) is 0 Å². The Balaban J connectivity index is 1.46. The van der Waals surface area contributed by atoms with Crippen LogP contribution in [0.2, 0.25) is 0 Å². The molecule has 1 aliphatic rings. The van der Waals surface area contributed by atoms with Crippen LogP contribution in [-0.4, -0.2) is 73.3 Å². The first-order valence-electron chi connectivity index (χ1n) is 14.0. The van der Waals surface area contributed by atoms with Crippen LogP contribution in [0.25, 0.3) is 22.8 Å². The number of ether oxygens (including phenoxy) is 2. The second-order valence-electron chi connectivity index (χ2n) is 10.2. The Hall–Kier alpha value is -4.96. The smallest absolute Gasteiger partial charge is 0.417 e. The number of nitrogens with one attached hydrogen (secondary N) is 1. The van der Waals surface area contributed by atoms with Crippen molar-refractivity contribution in [2.24, 2.45) is 5.10 Å². The highest BCUT2D eigenvalue weighted by molar-refractivity contribution is 5.82. The Kier molecular flexibility index (Phi) is 9.57. The van der Waals surface area contributed by atoms with Gasteiger partial charge in [0, 0.05) is 23.5 Å². The number of fused-ring (bicyclic) bond motifs is 1. The third kappa shape index (κ3) is 6.97. The quantitative estimate of drug-likeness (QED) is 0.159. The first kappa shape index (κ1) is 32.4. The number of hydrogen-bond donors (Lipinski definition) is 3. The number of aliphatic hydroxyl groups is 2. The summed E-state index contributed by atoms with van der Waals surface area (Å²) >= 11 is 0. The summed E-state index contributed by atoms with van der Waals surface area (Å²) in [5.41, 5.74) is -0.732. The van der Waals surface area contributed by atoms with E-state index in [4.69, 9.17) is 14.6 Å². The normalized spacial score (nSPS) is 14.1. The number of nitrogens with zero attached hydrogens (tertiary/aromatic N) is 5. The van der Waals surface area contributed by atoms with Gasteiger partial charge in [-0.15, -0.1) is 0 Å². The molecule has 0 saturated carbocycles. The maximum absolute atomic E-state index is 14.4. The number of carbonyl (C=O) groups excluding carboxylic acids is 1. The molecule has 3 heterocycles. The van der Waals surface area contributed by atoms with Crippen molar-refractivity contribution in [2.45, 2.75) is 38.2 Å². The third-order valence-electron chi connectivity index (χ3n) is 6.81. The summed E-state index contributed by atoms with van der Waals surface area (Å²) in [7, 11) is 0. The van der Waals surface area contributed by atoms with Gasteiger partial charge >= 0.3 is 12.1 Å². The lowest BCUT2D eigenvalue weighted by atomic mass is 10.0. The van der Waals surface area contributed by atoms with E-state index in [-0.39, 0.29) is 47.2 Å². The standard InChI is InChI=1S/C30H27F5N6O5/c1-2-8-45-18-6-7-19(21(9-18)30(33,34)35)27-36-10-16(11-37-27)26(29(44)46-15-17(43)14-42)41-13-24-23(12-38-41)39-28(40-24)20-4-3-5-22(31)25(20)32/h3-7,9-12,17,26,42-43H,2,8,13-15H2,1H3,(H,39,40). The molecule has 2 unspecified atom stereocenters. The summed E-state index contributed by atoms with van der Waals surface area (Å²) < 4.78 is 80.7. The topological polar surface area (TPSA) is 146 Å². The number of hydrogen-bond acceptors (Lipinski definition) is 10. The van der Waals surface area contributed by atoms with Crippen LogP contribution >= 0.6 is 0 Å². The summed E-state index contributed by atoms with van der Waals surface area (Å²) in [5, 5.41) is 24.3. The van der Waals surface area contributed by atoms with E-state index >= 15 is 0 Å². The fourth-order valence-electron chi connectivity index (χ4n) is 4.57. The van der Waals surface area contributed by atoms with Crippen LogP contribution < -0.4 is 4.74 Å². The molecule has 0 radical (unpaired) electrons. The number of carbonyl (C=O) groups is 1. The van der Waals surface area contributed by atoms with Gasteiger partial charge in [0.1, 0.15) is 24.3 Å². The van der Waals surface area contributed by atoms with Crippen molar-refractivity contribution in [3.05, 3.63) is 82.9 Å². The highest BCUT2D eigenvalue weighted by atomic mass is 19.4. The van der Waals surface area contributed by atoms with E-state index in [1.807, 2.05) is 6.92 Å². The van der Waals surface area contributed by atoms with Gasteiger partial charge in [-0.05, 0) is 36.8 Å². The fourth-order valence-corrected chi connectivity index (χ4v) is 4.57. The monoisotopic (exact) mass is 646 g/mol. The number of benzene rings is 2. The van der Waals surface area contributed by atoms with Crippen LogP contribution in [0.5, 0.6) is 5.75 Å². The Bertz CT molecular complexity index is 1730. The van der Waals surface area contributed by atoms with Gasteiger partial charge in [-0.3, -0.25) is 5.01 Å². The molecule has 16 heteroatoms. The molecule has 46 heavy (non-hydrogen) atoms. The molecular weight excluding hydrogens is 619 g/mol. The van der Waals surface area contributed by atoms with E-state index in [1.165, 1.54) is 35.5 Å². The summed E-state index contributed by atoms with van der Waals surface area (Å²) in [6.07, 6.45) is -1.95. The number of esters is 1. The van der Waals surface area contributed by atoms with Crippen LogP contribution in [0, 0.1) is 11.6 Å². The Morgan fingerprint density at radius 1 is 1.13 bits per heavy atom. The van der Waals surface area contributed by atoms with Gasteiger partial charge in [0.05, 0.1) is 48.5 Å². The molecule has 5 rings (SSSR count). The zero-order valence-corrected chi connectivity index (χ0v) is 24.1. The van der Waals surface area contributed by atoms with E-state index in [9.17, 15) is 31.9 Å². The maximum Gasteiger partial charge on any atom is 0.417 e. The zero-order valence-electron chi connectivity index (χ0n) is 24.1. The molecule has 0 aliphatic carbocycles. The number of H-pyrrole nitrogens is 1. The number of aromatic amines is 1. The summed E-state index contributed by atoms with van der Waals surface area (Å²) in [6, 6.07) is 5.65. The first-order chi connectivity index (χ1) is 22.0. The molecule has 3 N–H and O–H groups in total. The molecule has 0 spiro atoms. The highest BCUT2D eigenvalue weighted by Crippen LogP contribution is 2.38. The van der Waals surface area contributed by atoms with Crippen molar-refractivity contribution in [1.82, 2.24) is 24.9 Å². The second kappa shape index (κ2) is 13.6. The van der Waals surface area contributed by atoms with E-state index in [1.54, 1.807) is 0 Å². The summed E-state index contributed by atoms with van der Waals surface area (Å²) in [4.78, 5) is 28.7. The second-order valence-corrected chi connectivity index (χ2v) is 10.2. The number of aliphatic hydroxyl groups excluding tert-OH is 2. The third-order valence-corrected chi connectivity index (χ3v) is 6.81. The van der Waals surface area contributed by atoms with E-state index < -0.39 is 54.7 Å². The van der Waals surface area contributed by atoms with Gasteiger partial charge < -0.3 is 24.7 Å². The molecule has 2 aromatic heterocycles. The average molecular weight is 647 g/mol. The minimum Gasteiger partial charge on any atom is -0.494 e. The lowest BCUT2D eigenvalue weighted by Crippen LogP contribution is -2.35.